The van der Waals surface area contributed by atoms with Crippen molar-refractivity contribution in [1.82, 2.24) is 9.71 Å². The lowest BCUT2D eigenvalue weighted by Gasteiger charge is -2.12. The van der Waals surface area contributed by atoms with Crippen molar-refractivity contribution < 1.29 is 12.8 Å². The zero-order valence-corrected chi connectivity index (χ0v) is 13.1. The molecule has 8 heteroatoms. The Morgan fingerprint density at radius 2 is 2.20 bits per heavy atom. The number of hydrogen-bond acceptors (Lipinski definition) is 6. The second-order valence-corrected chi connectivity index (χ2v) is 7.14. The SMILES string of the molecule is Cc1cnc(C(C)NS(=O)(=O)c2c(C)csc2CN)o1. The molecule has 0 fully saturated rings. The summed E-state index contributed by atoms with van der Waals surface area (Å²) < 4.78 is 32.8. The molecule has 0 aliphatic carbocycles. The van der Waals surface area contributed by atoms with Gasteiger partial charge in [-0.05, 0) is 31.7 Å². The van der Waals surface area contributed by atoms with Gasteiger partial charge < -0.3 is 10.2 Å². The summed E-state index contributed by atoms with van der Waals surface area (Å²) in [4.78, 5) is 4.94. The molecular weight excluding hydrogens is 298 g/mol. The molecule has 2 rings (SSSR count). The van der Waals surface area contributed by atoms with Crippen molar-refractivity contribution >= 4 is 21.4 Å². The second-order valence-electron chi connectivity index (χ2n) is 4.53. The minimum atomic E-state index is -3.65. The number of aryl methyl sites for hydroxylation is 2. The minimum absolute atomic E-state index is 0.196. The molecule has 2 heterocycles. The fraction of sp³-hybridized carbons (Fsp3) is 0.417. The van der Waals surface area contributed by atoms with E-state index in [1.54, 1.807) is 32.3 Å². The Labute approximate surface area is 122 Å². The molecule has 0 bridgehead atoms. The standard InChI is InChI=1S/C12H17N3O3S2/c1-7-6-19-10(4-13)11(7)20(16,17)15-9(3)12-14-5-8(2)18-12/h5-6,9,15H,4,13H2,1-3H3. The third kappa shape index (κ3) is 2.93. The summed E-state index contributed by atoms with van der Waals surface area (Å²) in [7, 11) is -3.65. The third-order valence-electron chi connectivity index (χ3n) is 2.79. The average Bonchev–Trinajstić information content (AvgIpc) is 2.94. The van der Waals surface area contributed by atoms with Gasteiger partial charge in [0.05, 0.1) is 12.2 Å². The summed E-state index contributed by atoms with van der Waals surface area (Å²) in [6.45, 7) is 5.39. The molecule has 1 atom stereocenters. The Kier molecular flexibility index (Phi) is 4.28. The monoisotopic (exact) mass is 315 g/mol. The Morgan fingerprint density at radius 3 is 2.75 bits per heavy atom. The molecule has 0 radical (unpaired) electrons. The summed E-state index contributed by atoms with van der Waals surface area (Å²) in [6.07, 6.45) is 1.56. The molecule has 0 amide bonds. The van der Waals surface area contributed by atoms with E-state index in [0.717, 1.165) is 0 Å². The maximum absolute atomic E-state index is 12.5. The maximum Gasteiger partial charge on any atom is 0.242 e. The van der Waals surface area contributed by atoms with Crippen molar-refractivity contribution in [2.24, 2.45) is 5.73 Å². The van der Waals surface area contributed by atoms with E-state index < -0.39 is 16.1 Å². The number of hydrogen-bond donors (Lipinski definition) is 2. The van der Waals surface area contributed by atoms with Gasteiger partial charge in [0, 0.05) is 11.4 Å². The Hall–Kier alpha value is -1.22. The average molecular weight is 315 g/mol. The summed E-state index contributed by atoms with van der Waals surface area (Å²) in [5, 5.41) is 1.79. The first-order chi connectivity index (χ1) is 9.35. The molecule has 0 aromatic carbocycles. The molecule has 0 aliphatic heterocycles. The highest BCUT2D eigenvalue weighted by Gasteiger charge is 2.26. The highest BCUT2D eigenvalue weighted by atomic mass is 32.2. The van der Waals surface area contributed by atoms with Crippen molar-refractivity contribution in [3.63, 3.8) is 0 Å². The van der Waals surface area contributed by atoms with Crippen molar-refractivity contribution in [3.8, 4) is 0 Å². The lowest BCUT2D eigenvalue weighted by Crippen LogP contribution is -2.28. The molecule has 1 unspecified atom stereocenters. The van der Waals surface area contributed by atoms with Crippen LogP contribution in [0.25, 0.3) is 0 Å². The number of aromatic nitrogens is 1. The number of nitrogens with one attached hydrogen (secondary N) is 1. The number of nitrogens with zero attached hydrogens (tertiary/aromatic N) is 1. The first kappa shape index (κ1) is 15.2. The quantitative estimate of drug-likeness (QED) is 0.877. The Morgan fingerprint density at radius 1 is 1.50 bits per heavy atom. The number of nitrogens with two attached hydrogens (primary N) is 1. The van der Waals surface area contributed by atoms with E-state index in [4.69, 9.17) is 10.2 Å². The second kappa shape index (κ2) is 5.65. The summed E-state index contributed by atoms with van der Waals surface area (Å²) in [5.74, 6) is 0.980. The maximum atomic E-state index is 12.5. The fourth-order valence-electron chi connectivity index (χ4n) is 1.90. The van der Waals surface area contributed by atoms with E-state index in [1.165, 1.54) is 11.3 Å². The van der Waals surface area contributed by atoms with Crippen LogP contribution in [0, 0.1) is 13.8 Å². The van der Waals surface area contributed by atoms with Gasteiger partial charge in [0.1, 0.15) is 10.7 Å². The van der Waals surface area contributed by atoms with E-state index in [0.29, 0.717) is 22.1 Å². The highest BCUT2D eigenvalue weighted by Crippen LogP contribution is 2.27. The molecule has 2 aromatic heterocycles. The Balaban J connectivity index is 2.29. The molecule has 0 spiro atoms. The van der Waals surface area contributed by atoms with Crippen LogP contribution >= 0.6 is 11.3 Å². The van der Waals surface area contributed by atoms with Gasteiger partial charge in [0.2, 0.25) is 15.9 Å². The number of rotatable bonds is 5. The molecule has 20 heavy (non-hydrogen) atoms. The van der Waals surface area contributed by atoms with E-state index >= 15 is 0 Å². The smallest absolute Gasteiger partial charge is 0.242 e. The third-order valence-corrected chi connectivity index (χ3v) is 5.81. The molecule has 110 valence electrons. The van der Waals surface area contributed by atoms with Crippen molar-refractivity contribution in [1.29, 1.82) is 0 Å². The Bertz CT molecular complexity index is 703. The number of sulfonamides is 1. The highest BCUT2D eigenvalue weighted by molar-refractivity contribution is 7.89. The van der Waals surface area contributed by atoms with Gasteiger partial charge in [-0.25, -0.2) is 13.4 Å². The van der Waals surface area contributed by atoms with Crippen LogP contribution in [0.1, 0.15) is 35.1 Å². The van der Waals surface area contributed by atoms with E-state index in [9.17, 15) is 8.42 Å². The molecule has 2 aromatic rings. The zero-order chi connectivity index (χ0) is 14.9. The lowest BCUT2D eigenvalue weighted by atomic mass is 10.3. The van der Waals surface area contributed by atoms with Gasteiger partial charge in [-0.15, -0.1) is 11.3 Å². The van der Waals surface area contributed by atoms with Crippen LogP contribution in [0.3, 0.4) is 0 Å². The largest absolute Gasteiger partial charge is 0.444 e. The first-order valence-electron chi connectivity index (χ1n) is 6.07. The van der Waals surface area contributed by atoms with Crippen LogP contribution in [-0.4, -0.2) is 13.4 Å². The molecule has 0 saturated heterocycles. The minimum Gasteiger partial charge on any atom is -0.444 e. The van der Waals surface area contributed by atoms with Crippen LogP contribution < -0.4 is 10.5 Å². The summed E-state index contributed by atoms with van der Waals surface area (Å²) in [5.41, 5.74) is 6.29. The van der Waals surface area contributed by atoms with Crippen LogP contribution in [0.4, 0.5) is 0 Å². The normalized spacial score (nSPS) is 13.6. The van der Waals surface area contributed by atoms with Crippen LogP contribution in [0.15, 0.2) is 20.9 Å². The van der Waals surface area contributed by atoms with Gasteiger partial charge in [-0.2, -0.15) is 4.72 Å². The van der Waals surface area contributed by atoms with Crippen LogP contribution in [-0.2, 0) is 16.6 Å². The van der Waals surface area contributed by atoms with Gasteiger partial charge in [-0.3, -0.25) is 0 Å². The van der Waals surface area contributed by atoms with Crippen LogP contribution in [0.2, 0.25) is 0 Å². The lowest BCUT2D eigenvalue weighted by molar-refractivity contribution is 0.427. The molecule has 0 saturated carbocycles. The fourth-order valence-corrected chi connectivity index (χ4v) is 4.80. The van der Waals surface area contributed by atoms with Crippen molar-refractivity contribution in [3.05, 3.63) is 33.7 Å². The molecule has 0 aliphatic rings. The predicted molar refractivity (Wildman–Crippen MR) is 76.9 cm³/mol. The predicted octanol–water partition coefficient (Wildman–Crippen LogP) is 1.85. The topological polar surface area (TPSA) is 98.2 Å². The van der Waals surface area contributed by atoms with Gasteiger partial charge in [-0.1, -0.05) is 0 Å². The van der Waals surface area contributed by atoms with E-state index in [1.807, 2.05) is 0 Å². The van der Waals surface area contributed by atoms with Gasteiger partial charge in [0.25, 0.3) is 0 Å². The molecule has 3 N–H and O–H groups in total. The van der Waals surface area contributed by atoms with Gasteiger partial charge >= 0.3 is 0 Å². The van der Waals surface area contributed by atoms with Crippen LogP contribution in [0.5, 0.6) is 0 Å². The van der Waals surface area contributed by atoms with Crippen molar-refractivity contribution in [2.45, 2.75) is 38.3 Å². The van der Waals surface area contributed by atoms with Crippen molar-refractivity contribution in [2.75, 3.05) is 0 Å². The van der Waals surface area contributed by atoms with Gasteiger partial charge in [0.15, 0.2) is 0 Å². The molecular formula is C12H17N3O3S2. The summed E-state index contributed by atoms with van der Waals surface area (Å²) >= 11 is 1.35. The van der Waals surface area contributed by atoms with E-state index in [-0.39, 0.29) is 11.4 Å². The number of thiophene rings is 1. The number of oxazole rings is 1. The summed E-state index contributed by atoms with van der Waals surface area (Å²) in [6, 6.07) is -0.543. The van der Waals surface area contributed by atoms with E-state index in [2.05, 4.69) is 9.71 Å². The zero-order valence-electron chi connectivity index (χ0n) is 11.5. The first-order valence-corrected chi connectivity index (χ1v) is 8.43. The molecule has 6 nitrogen and oxygen atoms in total.